The van der Waals surface area contributed by atoms with Gasteiger partial charge in [-0.05, 0) is 29.9 Å². The predicted molar refractivity (Wildman–Crippen MR) is 77.0 cm³/mol. The van der Waals surface area contributed by atoms with Crippen molar-refractivity contribution >= 4 is 10.9 Å². The Labute approximate surface area is 110 Å². The molecule has 1 heterocycles. The molecular weight excluding hydrogens is 222 g/mol. The van der Waals surface area contributed by atoms with Crippen molar-refractivity contribution in [3.8, 4) is 0 Å². The summed E-state index contributed by atoms with van der Waals surface area (Å²) in [4.78, 5) is 0. The highest BCUT2D eigenvalue weighted by Gasteiger charge is 2.04. The normalized spacial score (nSPS) is 11.2. The molecular formula is C16H23NO. The van der Waals surface area contributed by atoms with E-state index in [9.17, 15) is 0 Å². The zero-order valence-corrected chi connectivity index (χ0v) is 11.5. The van der Waals surface area contributed by atoms with Gasteiger partial charge < -0.3 is 9.30 Å². The zero-order chi connectivity index (χ0) is 12.8. The zero-order valence-electron chi connectivity index (χ0n) is 11.5. The highest BCUT2D eigenvalue weighted by atomic mass is 16.5. The lowest BCUT2D eigenvalue weighted by atomic mass is 10.1. The molecule has 0 saturated heterocycles. The number of nitrogens with zero attached hydrogens (tertiary/aromatic N) is 1. The van der Waals surface area contributed by atoms with Gasteiger partial charge in [0.2, 0.25) is 0 Å². The van der Waals surface area contributed by atoms with Crippen molar-refractivity contribution in [1.29, 1.82) is 0 Å². The summed E-state index contributed by atoms with van der Waals surface area (Å²) >= 11 is 0. The van der Waals surface area contributed by atoms with Crippen LogP contribution < -0.4 is 0 Å². The number of hydrogen-bond acceptors (Lipinski definition) is 1. The molecule has 0 radical (unpaired) electrons. The van der Waals surface area contributed by atoms with Gasteiger partial charge in [0, 0.05) is 19.3 Å². The Balaban J connectivity index is 2.04. The molecule has 2 heteroatoms. The molecule has 0 amide bonds. The van der Waals surface area contributed by atoms with Gasteiger partial charge >= 0.3 is 0 Å². The van der Waals surface area contributed by atoms with Crippen LogP contribution in [0.25, 0.3) is 10.9 Å². The predicted octanol–water partition coefficient (Wildman–Crippen LogP) is 4.02. The summed E-state index contributed by atoms with van der Waals surface area (Å²) < 4.78 is 7.97. The number of ether oxygens (including phenoxy) is 1. The third kappa shape index (κ3) is 2.94. The minimum absolute atomic E-state index is 0.807. The Kier molecular flexibility index (Phi) is 4.82. The summed E-state index contributed by atoms with van der Waals surface area (Å²) in [6.07, 6.45) is 5.62. The van der Waals surface area contributed by atoms with Crippen molar-refractivity contribution < 1.29 is 4.74 Å². The molecule has 18 heavy (non-hydrogen) atoms. The molecule has 0 unspecified atom stereocenters. The fourth-order valence-corrected chi connectivity index (χ4v) is 2.32. The largest absolute Gasteiger partial charge is 0.380 e. The monoisotopic (exact) mass is 245 g/mol. The molecule has 0 aliphatic carbocycles. The topological polar surface area (TPSA) is 14.2 Å². The molecule has 2 rings (SSSR count). The first kappa shape index (κ1) is 13.2. The molecule has 0 saturated carbocycles. The first-order valence-corrected chi connectivity index (χ1v) is 7.01. The van der Waals surface area contributed by atoms with E-state index in [1.54, 1.807) is 0 Å². The highest BCUT2D eigenvalue weighted by molar-refractivity contribution is 5.83. The lowest BCUT2D eigenvalue weighted by Crippen LogP contribution is -2.06. The van der Waals surface area contributed by atoms with E-state index in [-0.39, 0.29) is 0 Å². The molecule has 0 aliphatic rings. The fourth-order valence-electron chi connectivity index (χ4n) is 2.32. The Morgan fingerprint density at radius 3 is 2.78 bits per heavy atom. The third-order valence-electron chi connectivity index (χ3n) is 3.37. The minimum Gasteiger partial charge on any atom is -0.380 e. The van der Waals surface area contributed by atoms with E-state index in [1.807, 2.05) is 0 Å². The SMILES string of the molecule is CCCCOCCn1ccc2cccc(CC)c21. The molecule has 0 N–H and O–H groups in total. The second-order valence-corrected chi connectivity index (χ2v) is 4.68. The average molecular weight is 245 g/mol. The second kappa shape index (κ2) is 6.60. The van der Waals surface area contributed by atoms with Crippen LogP contribution >= 0.6 is 0 Å². The average Bonchev–Trinajstić information content (AvgIpc) is 2.82. The molecule has 1 aromatic heterocycles. The number of aryl methyl sites for hydroxylation is 1. The first-order valence-electron chi connectivity index (χ1n) is 7.01. The Hall–Kier alpha value is -1.28. The van der Waals surface area contributed by atoms with Crippen LogP contribution in [0.5, 0.6) is 0 Å². The maximum atomic E-state index is 5.65. The van der Waals surface area contributed by atoms with Crippen molar-refractivity contribution in [2.24, 2.45) is 0 Å². The van der Waals surface area contributed by atoms with Gasteiger partial charge in [0.1, 0.15) is 0 Å². The van der Waals surface area contributed by atoms with Gasteiger partial charge in [-0.1, -0.05) is 38.5 Å². The number of hydrogen-bond donors (Lipinski definition) is 0. The lowest BCUT2D eigenvalue weighted by molar-refractivity contribution is 0.124. The number of unbranched alkanes of at least 4 members (excludes halogenated alkanes) is 1. The smallest absolute Gasteiger partial charge is 0.0645 e. The summed E-state index contributed by atoms with van der Waals surface area (Å²) in [6, 6.07) is 8.74. The quantitative estimate of drug-likeness (QED) is 0.672. The molecule has 0 spiro atoms. The van der Waals surface area contributed by atoms with Crippen molar-refractivity contribution in [3.05, 3.63) is 36.0 Å². The van der Waals surface area contributed by atoms with Gasteiger partial charge in [0.05, 0.1) is 12.1 Å². The van der Waals surface area contributed by atoms with Crippen molar-refractivity contribution in [3.63, 3.8) is 0 Å². The van der Waals surface area contributed by atoms with Crippen LogP contribution in [0.1, 0.15) is 32.3 Å². The van der Waals surface area contributed by atoms with Gasteiger partial charge in [-0.3, -0.25) is 0 Å². The summed E-state index contributed by atoms with van der Waals surface area (Å²) in [5.41, 5.74) is 2.80. The molecule has 1 aromatic carbocycles. The van der Waals surface area contributed by atoms with Crippen LogP contribution in [0.2, 0.25) is 0 Å². The van der Waals surface area contributed by atoms with Gasteiger partial charge in [0.25, 0.3) is 0 Å². The molecule has 98 valence electrons. The van der Waals surface area contributed by atoms with Crippen LogP contribution in [0, 0.1) is 0 Å². The van der Waals surface area contributed by atoms with E-state index < -0.39 is 0 Å². The van der Waals surface area contributed by atoms with Gasteiger partial charge in [-0.25, -0.2) is 0 Å². The maximum absolute atomic E-state index is 5.65. The highest BCUT2D eigenvalue weighted by Crippen LogP contribution is 2.20. The van der Waals surface area contributed by atoms with E-state index in [4.69, 9.17) is 4.74 Å². The molecule has 2 aromatic rings. The second-order valence-electron chi connectivity index (χ2n) is 4.68. The van der Waals surface area contributed by atoms with Crippen LogP contribution in [0.4, 0.5) is 0 Å². The van der Waals surface area contributed by atoms with Crippen LogP contribution in [-0.2, 0) is 17.7 Å². The van der Waals surface area contributed by atoms with Gasteiger partial charge in [0.15, 0.2) is 0 Å². The summed E-state index contributed by atoms with van der Waals surface area (Å²) in [5.74, 6) is 0. The summed E-state index contributed by atoms with van der Waals surface area (Å²) in [7, 11) is 0. The fraction of sp³-hybridized carbons (Fsp3) is 0.500. The van der Waals surface area contributed by atoms with Crippen LogP contribution in [0.3, 0.4) is 0 Å². The molecule has 0 bridgehead atoms. The number of para-hydroxylation sites is 1. The van der Waals surface area contributed by atoms with Crippen LogP contribution in [-0.4, -0.2) is 17.8 Å². The Bertz CT molecular complexity index is 487. The van der Waals surface area contributed by atoms with E-state index in [0.29, 0.717) is 0 Å². The lowest BCUT2D eigenvalue weighted by Gasteiger charge is -2.09. The Morgan fingerprint density at radius 2 is 2.00 bits per heavy atom. The summed E-state index contributed by atoms with van der Waals surface area (Å²) in [5, 5.41) is 1.34. The molecule has 0 fully saturated rings. The Morgan fingerprint density at radius 1 is 1.11 bits per heavy atom. The van der Waals surface area contributed by atoms with E-state index in [0.717, 1.165) is 32.6 Å². The molecule has 0 aliphatic heterocycles. The standard InChI is InChI=1S/C16H23NO/c1-3-5-12-18-13-11-17-10-9-15-8-6-7-14(4-2)16(15)17/h6-10H,3-5,11-13H2,1-2H3. The first-order chi connectivity index (χ1) is 8.86. The van der Waals surface area contributed by atoms with E-state index >= 15 is 0 Å². The third-order valence-corrected chi connectivity index (χ3v) is 3.37. The van der Waals surface area contributed by atoms with Crippen molar-refractivity contribution in [1.82, 2.24) is 4.57 Å². The van der Waals surface area contributed by atoms with Crippen LogP contribution in [0.15, 0.2) is 30.5 Å². The summed E-state index contributed by atoms with van der Waals surface area (Å²) in [6.45, 7) is 7.04. The van der Waals surface area contributed by atoms with Crippen molar-refractivity contribution in [2.75, 3.05) is 13.2 Å². The van der Waals surface area contributed by atoms with E-state index in [2.05, 4.69) is 48.9 Å². The number of rotatable bonds is 7. The van der Waals surface area contributed by atoms with Crippen molar-refractivity contribution in [2.45, 2.75) is 39.7 Å². The number of aromatic nitrogens is 1. The maximum Gasteiger partial charge on any atom is 0.0645 e. The number of benzene rings is 1. The van der Waals surface area contributed by atoms with Gasteiger partial charge in [-0.15, -0.1) is 0 Å². The van der Waals surface area contributed by atoms with Gasteiger partial charge in [-0.2, -0.15) is 0 Å². The molecule has 0 atom stereocenters. The molecule has 2 nitrogen and oxygen atoms in total. The van der Waals surface area contributed by atoms with E-state index in [1.165, 1.54) is 22.9 Å². The minimum atomic E-state index is 0.807. The number of fused-ring (bicyclic) bond motifs is 1.